The van der Waals surface area contributed by atoms with Gasteiger partial charge in [0.1, 0.15) is 11.8 Å². The fraction of sp³-hybridized carbons (Fsp3) is 0.588. The Bertz CT molecular complexity index is 663. The highest BCUT2D eigenvalue weighted by Gasteiger charge is 2.42. The third kappa shape index (κ3) is 2.83. The largest absolute Gasteiger partial charge is 0.443 e. The van der Waals surface area contributed by atoms with Gasteiger partial charge in [0, 0.05) is 37.2 Å². The van der Waals surface area contributed by atoms with Gasteiger partial charge in [0.05, 0.1) is 25.4 Å². The maximum absolute atomic E-state index is 14.6. The van der Waals surface area contributed by atoms with E-state index in [1.807, 2.05) is 0 Å². The van der Waals surface area contributed by atoms with E-state index in [0.717, 1.165) is 26.1 Å². The van der Waals surface area contributed by atoms with Crippen LogP contribution < -0.4 is 15.5 Å². The van der Waals surface area contributed by atoms with E-state index in [4.69, 9.17) is 15.2 Å². The van der Waals surface area contributed by atoms with Crippen molar-refractivity contribution in [2.24, 2.45) is 11.1 Å². The predicted molar refractivity (Wildman–Crippen MR) is 87.7 cm³/mol. The Morgan fingerprint density at radius 3 is 2.32 bits per heavy atom. The minimum absolute atomic E-state index is 0.0261. The van der Waals surface area contributed by atoms with Crippen LogP contribution in [-0.4, -0.2) is 51.6 Å². The van der Waals surface area contributed by atoms with Crippen LogP contribution in [0.15, 0.2) is 12.1 Å². The molecule has 0 aliphatic carbocycles. The number of carbonyl (C=O) groups excluding carboxylic acids is 1. The molecule has 0 aromatic heterocycles. The summed E-state index contributed by atoms with van der Waals surface area (Å²) in [7, 11) is 0. The average Bonchev–Trinajstić information content (AvgIpc) is 2.94. The van der Waals surface area contributed by atoms with E-state index >= 15 is 0 Å². The molecule has 3 fully saturated rings. The Hall–Kier alpha value is -1.93. The van der Waals surface area contributed by atoms with Crippen molar-refractivity contribution < 1.29 is 23.0 Å². The maximum atomic E-state index is 14.6. The van der Waals surface area contributed by atoms with Crippen molar-refractivity contribution in [3.63, 3.8) is 0 Å². The molecule has 3 saturated heterocycles. The second-order valence-electron chi connectivity index (χ2n) is 7.09. The van der Waals surface area contributed by atoms with Gasteiger partial charge in [-0.25, -0.2) is 13.6 Å². The first-order valence-corrected chi connectivity index (χ1v) is 8.51. The highest BCUT2D eigenvalue weighted by atomic mass is 19.1. The normalized spacial score (nSPS) is 25.2. The number of hydrogen-bond acceptors (Lipinski definition) is 5. The summed E-state index contributed by atoms with van der Waals surface area (Å²) in [6.45, 7) is 3.04. The quantitative estimate of drug-likeness (QED) is 0.898. The molecule has 1 amide bonds. The molecule has 1 aromatic rings. The lowest BCUT2D eigenvalue weighted by atomic mass is 9.77. The van der Waals surface area contributed by atoms with E-state index in [9.17, 15) is 13.6 Å². The van der Waals surface area contributed by atoms with Crippen LogP contribution in [0.25, 0.3) is 0 Å². The number of piperidine rings is 1. The lowest BCUT2D eigenvalue weighted by molar-refractivity contribution is -0.124. The summed E-state index contributed by atoms with van der Waals surface area (Å²) < 4.78 is 39.6. The molecule has 0 unspecified atom stereocenters. The zero-order valence-electron chi connectivity index (χ0n) is 13.8. The van der Waals surface area contributed by atoms with E-state index in [0.29, 0.717) is 13.1 Å². The van der Waals surface area contributed by atoms with Crippen molar-refractivity contribution in [3.05, 3.63) is 23.8 Å². The molecule has 4 rings (SSSR count). The second-order valence-corrected chi connectivity index (χ2v) is 7.09. The van der Waals surface area contributed by atoms with Gasteiger partial charge in [-0.2, -0.15) is 0 Å². The highest BCUT2D eigenvalue weighted by molar-refractivity contribution is 5.90. The summed E-state index contributed by atoms with van der Waals surface area (Å²) in [5.41, 5.74) is 5.81. The minimum atomic E-state index is -0.667. The molecule has 1 spiro atoms. The van der Waals surface area contributed by atoms with Gasteiger partial charge in [-0.15, -0.1) is 0 Å². The number of cyclic esters (lactones) is 1. The average molecular weight is 353 g/mol. The van der Waals surface area contributed by atoms with Gasteiger partial charge < -0.3 is 20.1 Å². The summed E-state index contributed by atoms with van der Waals surface area (Å²) >= 11 is 0. The lowest BCUT2D eigenvalue weighted by Crippen LogP contribution is -2.51. The summed E-state index contributed by atoms with van der Waals surface area (Å²) in [5, 5.41) is 0. The fourth-order valence-electron chi connectivity index (χ4n) is 3.75. The molecule has 1 atom stereocenters. The number of amides is 1. The topological polar surface area (TPSA) is 68.0 Å². The Morgan fingerprint density at radius 2 is 1.84 bits per heavy atom. The maximum Gasteiger partial charge on any atom is 0.414 e. The smallest absolute Gasteiger partial charge is 0.414 e. The van der Waals surface area contributed by atoms with E-state index < -0.39 is 23.8 Å². The molecule has 3 aliphatic heterocycles. The molecule has 25 heavy (non-hydrogen) atoms. The number of benzene rings is 1. The van der Waals surface area contributed by atoms with Crippen molar-refractivity contribution in [2.45, 2.75) is 18.9 Å². The molecular formula is C17H21F2N3O3. The van der Waals surface area contributed by atoms with Gasteiger partial charge in [0.15, 0.2) is 11.6 Å². The number of rotatable bonds is 3. The molecule has 3 aliphatic rings. The molecule has 1 aromatic carbocycles. The Morgan fingerprint density at radius 1 is 1.20 bits per heavy atom. The van der Waals surface area contributed by atoms with Crippen LogP contribution in [0.3, 0.4) is 0 Å². The monoisotopic (exact) mass is 353 g/mol. The SMILES string of the molecule is NC[C@H]1CN(c2cc(F)c(N3CCC4(CC3)COC4)c(F)c2)C(=O)O1. The van der Waals surface area contributed by atoms with Crippen molar-refractivity contribution in [1.29, 1.82) is 0 Å². The van der Waals surface area contributed by atoms with E-state index in [2.05, 4.69) is 0 Å². The number of anilines is 2. The molecule has 6 nitrogen and oxygen atoms in total. The lowest BCUT2D eigenvalue weighted by Gasteiger charge is -2.47. The zero-order valence-corrected chi connectivity index (χ0v) is 13.8. The fourth-order valence-corrected chi connectivity index (χ4v) is 3.75. The molecular weight excluding hydrogens is 332 g/mol. The summed E-state index contributed by atoms with van der Waals surface area (Å²) in [6.07, 6.45) is 0.641. The predicted octanol–water partition coefficient (Wildman–Crippen LogP) is 1.87. The van der Waals surface area contributed by atoms with Crippen LogP contribution in [0, 0.1) is 17.0 Å². The van der Waals surface area contributed by atoms with Gasteiger partial charge in [-0.3, -0.25) is 4.90 Å². The van der Waals surface area contributed by atoms with E-state index in [-0.39, 0.29) is 29.9 Å². The Balaban J connectivity index is 1.54. The molecule has 3 heterocycles. The first-order chi connectivity index (χ1) is 12.0. The number of hydrogen-bond donors (Lipinski definition) is 1. The van der Waals surface area contributed by atoms with Gasteiger partial charge in [-0.05, 0) is 12.8 Å². The number of nitrogens with zero attached hydrogens (tertiary/aromatic N) is 2. The van der Waals surface area contributed by atoms with Gasteiger partial charge >= 0.3 is 6.09 Å². The van der Waals surface area contributed by atoms with E-state index in [1.54, 1.807) is 4.90 Å². The van der Waals surface area contributed by atoms with Crippen molar-refractivity contribution in [2.75, 3.05) is 49.2 Å². The highest BCUT2D eigenvalue weighted by Crippen LogP contribution is 2.41. The first kappa shape index (κ1) is 16.5. The summed E-state index contributed by atoms with van der Waals surface area (Å²) in [6, 6.07) is 2.38. The van der Waals surface area contributed by atoms with Gasteiger partial charge in [0.25, 0.3) is 0 Å². The molecule has 0 bridgehead atoms. The Kier molecular flexibility index (Phi) is 4.04. The second kappa shape index (κ2) is 6.10. The van der Waals surface area contributed by atoms with Crippen molar-refractivity contribution >= 4 is 17.5 Å². The molecule has 0 saturated carbocycles. The van der Waals surface area contributed by atoms with E-state index in [1.165, 1.54) is 17.0 Å². The number of nitrogens with two attached hydrogens (primary N) is 1. The number of ether oxygens (including phenoxy) is 2. The third-order valence-corrected chi connectivity index (χ3v) is 5.41. The van der Waals surface area contributed by atoms with Crippen LogP contribution in [0.2, 0.25) is 0 Å². The minimum Gasteiger partial charge on any atom is -0.443 e. The number of carbonyl (C=O) groups is 1. The van der Waals surface area contributed by atoms with Crippen LogP contribution in [0.5, 0.6) is 0 Å². The van der Waals surface area contributed by atoms with Crippen LogP contribution in [-0.2, 0) is 9.47 Å². The zero-order chi connectivity index (χ0) is 17.6. The molecule has 0 radical (unpaired) electrons. The summed E-state index contributed by atoms with van der Waals surface area (Å²) in [4.78, 5) is 14.8. The van der Waals surface area contributed by atoms with Crippen molar-refractivity contribution in [1.82, 2.24) is 0 Å². The van der Waals surface area contributed by atoms with Gasteiger partial charge in [-0.1, -0.05) is 0 Å². The standard InChI is InChI=1S/C17H21F2N3O3/c18-13-5-11(22-8-12(7-20)25-16(22)23)6-14(19)15(13)21-3-1-17(2-4-21)9-24-10-17/h5-6,12H,1-4,7-10,20H2/t12-/m0/s1. The van der Waals surface area contributed by atoms with Crippen LogP contribution >= 0.6 is 0 Å². The molecule has 8 heteroatoms. The first-order valence-electron chi connectivity index (χ1n) is 8.51. The van der Waals surface area contributed by atoms with Gasteiger partial charge in [0.2, 0.25) is 0 Å². The van der Waals surface area contributed by atoms with Crippen molar-refractivity contribution in [3.8, 4) is 0 Å². The molecule has 2 N–H and O–H groups in total. The number of halogens is 2. The van der Waals surface area contributed by atoms with Crippen LogP contribution in [0.1, 0.15) is 12.8 Å². The third-order valence-electron chi connectivity index (χ3n) is 5.41. The molecule has 136 valence electrons. The Labute approximate surface area is 144 Å². The van der Waals surface area contributed by atoms with Crippen LogP contribution in [0.4, 0.5) is 25.0 Å². The summed E-state index contributed by atoms with van der Waals surface area (Å²) in [5.74, 6) is -1.33.